The number of aryl methyl sites for hydroxylation is 1. The van der Waals surface area contributed by atoms with Gasteiger partial charge in [0.1, 0.15) is 0 Å². The molecular formula is C21H34O2. The summed E-state index contributed by atoms with van der Waals surface area (Å²) < 4.78 is 0. The molecule has 0 amide bonds. The molecule has 2 rings (SSSR count). The second kappa shape index (κ2) is 8.84. The standard InChI is InChI=1S/C21H34O2/c1-3-4-5-6-7-11-14-19(22)20-17(2)21(20,23)16-15-18-12-9-8-10-13-18/h8-10,12-13,17,19-20,22-23H,3-7,11,14-16H2,1-2H3/t17-,19+,20+,21+/m1/s1. The van der Waals surface area contributed by atoms with E-state index in [0.29, 0.717) is 0 Å². The summed E-state index contributed by atoms with van der Waals surface area (Å²) in [5, 5.41) is 21.2. The van der Waals surface area contributed by atoms with Crippen LogP contribution in [0.4, 0.5) is 0 Å². The number of hydrogen-bond donors (Lipinski definition) is 2. The van der Waals surface area contributed by atoms with E-state index in [1.807, 2.05) is 18.2 Å². The van der Waals surface area contributed by atoms with Crippen LogP contribution in [0.2, 0.25) is 0 Å². The van der Waals surface area contributed by atoms with Gasteiger partial charge in [-0.2, -0.15) is 0 Å². The first-order valence-electron chi connectivity index (χ1n) is 9.54. The van der Waals surface area contributed by atoms with E-state index < -0.39 is 5.60 Å². The van der Waals surface area contributed by atoms with Crippen molar-refractivity contribution in [2.24, 2.45) is 11.8 Å². The number of hydrogen-bond acceptors (Lipinski definition) is 2. The lowest BCUT2D eigenvalue weighted by Crippen LogP contribution is -2.21. The Balaban J connectivity index is 1.69. The highest BCUT2D eigenvalue weighted by atomic mass is 16.3. The molecule has 0 bridgehead atoms. The van der Waals surface area contributed by atoms with E-state index in [9.17, 15) is 10.2 Å². The summed E-state index contributed by atoms with van der Waals surface area (Å²) in [6, 6.07) is 10.3. The zero-order valence-electron chi connectivity index (χ0n) is 14.9. The highest BCUT2D eigenvalue weighted by molar-refractivity contribution is 5.18. The fourth-order valence-corrected chi connectivity index (χ4v) is 4.01. The van der Waals surface area contributed by atoms with Crippen molar-refractivity contribution in [1.82, 2.24) is 0 Å². The fourth-order valence-electron chi connectivity index (χ4n) is 4.01. The molecule has 130 valence electrons. The first-order valence-corrected chi connectivity index (χ1v) is 9.54. The summed E-state index contributed by atoms with van der Waals surface area (Å²) in [7, 11) is 0. The minimum absolute atomic E-state index is 0.0712. The van der Waals surface area contributed by atoms with Crippen LogP contribution >= 0.6 is 0 Å². The molecule has 0 spiro atoms. The van der Waals surface area contributed by atoms with Crippen LogP contribution in [-0.4, -0.2) is 21.9 Å². The van der Waals surface area contributed by atoms with Crippen LogP contribution in [-0.2, 0) is 6.42 Å². The summed E-state index contributed by atoms with van der Waals surface area (Å²) in [5.41, 5.74) is 0.612. The van der Waals surface area contributed by atoms with Gasteiger partial charge in [-0.05, 0) is 30.7 Å². The zero-order valence-corrected chi connectivity index (χ0v) is 14.9. The van der Waals surface area contributed by atoms with Crippen LogP contribution in [0.5, 0.6) is 0 Å². The van der Waals surface area contributed by atoms with Crippen LogP contribution < -0.4 is 0 Å². The van der Waals surface area contributed by atoms with Gasteiger partial charge in [-0.1, -0.05) is 82.7 Å². The third-order valence-electron chi connectivity index (χ3n) is 5.72. The van der Waals surface area contributed by atoms with Crippen LogP contribution in [0, 0.1) is 11.8 Å². The quantitative estimate of drug-likeness (QED) is 0.579. The van der Waals surface area contributed by atoms with E-state index in [2.05, 4.69) is 26.0 Å². The first kappa shape index (κ1) is 18.5. The highest BCUT2D eigenvalue weighted by Crippen LogP contribution is 2.55. The van der Waals surface area contributed by atoms with Gasteiger partial charge < -0.3 is 10.2 Å². The fraction of sp³-hybridized carbons (Fsp3) is 0.714. The van der Waals surface area contributed by atoms with Crippen LogP contribution in [0.3, 0.4) is 0 Å². The Kier molecular flexibility index (Phi) is 7.10. The van der Waals surface area contributed by atoms with Gasteiger partial charge in [-0.3, -0.25) is 0 Å². The SMILES string of the molecule is CCCCCCCC[C@H](O)[C@@H]1[C@@H](C)[C@@]1(O)CCc1ccccc1. The molecule has 1 fully saturated rings. The van der Waals surface area contributed by atoms with Crippen molar-refractivity contribution in [2.75, 3.05) is 0 Å². The Hall–Kier alpha value is -0.860. The van der Waals surface area contributed by atoms with Crippen molar-refractivity contribution in [3.05, 3.63) is 35.9 Å². The topological polar surface area (TPSA) is 40.5 Å². The van der Waals surface area contributed by atoms with Gasteiger partial charge in [0.15, 0.2) is 0 Å². The van der Waals surface area contributed by atoms with E-state index in [1.165, 1.54) is 37.7 Å². The molecule has 1 saturated carbocycles. The Morgan fingerprint density at radius 1 is 1.04 bits per heavy atom. The van der Waals surface area contributed by atoms with Crippen molar-refractivity contribution < 1.29 is 10.2 Å². The Bertz CT molecular complexity index is 444. The van der Waals surface area contributed by atoms with Crippen LogP contribution in [0.15, 0.2) is 30.3 Å². The zero-order chi connectivity index (χ0) is 16.7. The molecule has 1 aliphatic rings. The lowest BCUT2D eigenvalue weighted by atomic mass is 9.99. The number of benzene rings is 1. The number of rotatable bonds is 11. The monoisotopic (exact) mass is 318 g/mol. The normalized spacial score (nSPS) is 27.8. The molecule has 0 aromatic heterocycles. The van der Waals surface area contributed by atoms with Gasteiger partial charge in [-0.15, -0.1) is 0 Å². The molecule has 1 aromatic carbocycles. The highest BCUT2D eigenvalue weighted by Gasteiger charge is 2.62. The summed E-state index contributed by atoms with van der Waals surface area (Å²) >= 11 is 0. The molecule has 1 aliphatic carbocycles. The predicted octanol–water partition coefficient (Wildman–Crippen LogP) is 4.73. The van der Waals surface area contributed by atoms with Gasteiger partial charge in [0.2, 0.25) is 0 Å². The maximum absolute atomic E-state index is 10.8. The number of unbranched alkanes of at least 4 members (excludes halogenated alkanes) is 5. The van der Waals surface area contributed by atoms with Gasteiger partial charge in [0.05, 0.1) is 11.7 Å². The van der Waals surface area contributed by atoms with E-state index in [1.54, 1.807) is 0 Å². The number of aliphatic hydroxyl groups is 2. The average Bonchev–Trinajstić information content (AvgIpc) is 3.11. The van der Waals surface area contributed by atoms with Crippen molar-refractivity contribution in [1.29, 1.82) is 0 Å². The third kappa shape index (κ3) is 5.06. The molecule has 1 aromatic rings. The lowest BCUT2D eigenvalue weighted by molar-refractivity contribution is 0.0592. The van der Waals surface area contributed by atoms with Crippen molar-refractivity contribution in [3.8, 4) is 0 Å². The van der Waals surface area contributed by atoms with Gasteiger partial charge in [-0.25, -0.2) is 0 Å². The Labute approximate surface area is 141 Å². The lowest BCUT2D eigenvalue weighted by Gasteiger charge is -2.15. The molecule has 0 saturated heterocycles. The molecule has 23 heavy (non-hydrogen) atoms. The molecule has 2 nitrogen and oxygen atoms in total. The molecule has 2 N–H and O–H groups in total. The minimum atomic E-state index is -0.655. The van der Waals surface area contributed by atoms with Crippen molar-refractivity contribution >= 4 is 0 Å². The van der Waals surface area contributed by atoms with Gasteiger partial charge >= 0.3 is 0 Å². The molecule has 0 aliphatic heterocycles. The van der Waals surface area contributed by atoms with Gasteiger partial charge in [0, 0.05) is 5.92 Å². The maximum atomic E-state index is 10.8. The van der Waals surface area contributed by atoms with E-state index in [-0.39, 0.29) is 17.9 Å². The molecular weight excluding hydrogens is 284 g/mol. The Morgan fingerprint density at radius 3 is 2.39 bits per heavy atom. The van der Waals surface area contributed by atoms with E-state index in [0.717, 1.165) is 25.7 Å². The summed E-state index contributed by atoms with van der Waals surface area (Å²) in [6.45, 7) is 4.31. The van der Waals surface area contributed by atoms with Crippen molar-refractivity contribution in [3.63, 3.8) is 0 Å². The van der Waals surface area contributed by atoms with E-state index in [4.69, 9.17) is 0 Å². The summed E-state index contributed by atoms with van der Waals surface area (Å²) in [5.74, 6) is 0.295. The molecule has 0 unspecified atom stereocenters. The number of aliphatic hydroxyl groups excluding tert-OH is 1. The van der Waals surface area contributed by atoms with Crippen LogP contribution in [0.1, 0.15) is 70.8 Å². The first-order chi connectivity index (χ1) is 11.1. The van der Waals surface area contributed by atoms with Gasteiger partial charge in [0.25, 0.3) is 0 Å². The minimum Gasteiger partial charge on any atom is -0.393 e. The maximum Gasteiger partial charge on any atom is 0.0737 e. The van der Waals surface area contributed by atoms with E-state index >= 15 is 0 Å². The van der Waals surface area contributed by atoms with Crippen molar-refractivity contribution in [2.45, 2.75) is 83.3 Å². The second-order valence-electron chi connectivity index (χ2n) is 7.42. The molecule has 0 radical (unpaired) electrons. The predicted molar refractivity (Wildman–Crippen MR) is 96.4 cm³/mol. The van der Waals surface area contributed by atoms with Crippen LogP contribution in [0.25, 0.3) is 0 Å². The molecule has 0 heterocycles. The second-order valence-corrected chi connectivity index (χ2v) is 7.42. The molecule has 2 heteroatoms. The molecule has 4 atom stereocenters. The Morgan fingerprint density at radius 2 is 1.70 bits per heavy atom. The largest absolute Gasteiger partial charge is 0.393 e. The third-order valence-corrected chi connectivity index (χ3v) is 5.72. The summed E-state index contributed by atoms with van der Waals surface area (Å²) in [4.78, 5) is 0. The average molecular weight is 319 g/mol. The smallest absolute Gasteiger partial charge is 0.0737 e. The summed E-state index contributed by atoms with van der Waals surface area (Å²) in [6.07, 6.45) is 9.64.